The van der Waals surface area contributed by atoms with Gasteiger partial charge in [-0.15, -0.1) is 0 Å². The van der Waals surface area contributed by atoms with E-state index >= 15 is 0 Å². The molecule has 0 amide bonds. The number of alkyl halides is 3. The molecule has 0 heterocycles. The molecule has 2 aromatic carbocycles. The van der Waals surface area contributed by atoms with Crippen molar-refractivity contribution in [3.8, 4) is 11.1 Å². The number of carbonyl (C=O) groups is 1. The molecule has 0 aromatic heterocycles. The van der Waals surface area contributed by atoms with Gasteiger partial charge in [0.25, 0.3) is 0 Å². The smallest absolute Gasteiger partial charge is 0.416 e. The minimum absolute atomic E-state index is 0.00700. The van der Waals surface area contributed by atoms with Gasteiger partial charge in [0.2, 0.25) is 0 Å². The van der Waals surface area contributed by atoms with E-state index in [9.17, 15) is 22.4 Å². The van der Waals surface area contributed by atoms with E-state index in [1.165, 1.54) is 31.2 Å². The molecule has 2 rings (SSSR count). The lowest BCUT2D eigenvalue weighted by Gasteiger charge is -2.11. The molecule has 0 saturated heterocycles. The van der Waals surface area contributed by atoms with E-state index in [0.29, 0.717) is 0 Å². The minimum Gasteiger partial charge on any atom is -0.481 e. The molecule has 1 atom stereocenters. The molecule has 116 valence electrons. The molecule has 22 heavy (non-hydrogen) atoms. The molecular formula is C16H12F4O2. The average molecular weight is 312 g/mol. The number of carboxylic acid groups (broad SMARTS) is 1. The standard InChI is InChI=1S/C16H12F4O2/c1-9(15(21)22)10-5-6-13(14(17)8-10)11-3-2-4-12(7-11)16(18,19)20/h2-9H,1H3,(H,21,22)/t9-/m1/s1. The quantitative estimate of drug-likeness (QED) is 0.834. The third-order valence-corrected chi connectivity index (χ3v) is 3.36. The Labute approximate surface area is 124 Å². The summed E-state index contributed by atoms with van der Waals surface area (Å²) < 4.78 is 52.2. The maximum atomic E-state index is 14.1. The van der Waals surface area contributed by atoms with Gasteiger partial charge in [-0.2, -0.15) is 13.2 Å². The molecule has 0 spiro atoms. The van der Waals surface area contributed by atoms with E-state index in [1.807, 2.05) is 0 Å². The SMILES string of the molecule is C[C@@H](C(=O)O)c1ccc(-c2cccc(C(F)(F)F)c2)c(F)c1. The van der Waals surface area contributed by atoms with Gasteiger partial charge in [-0.25, -0.2) is 4.39 Å². The first-order valence-corrected chi connectivity index (χ1v) is 6.40. The van der Waals surface area contributed by atoms with Crippen LogP contribution < -0.4 is 0 Å². The zero-order valence-corrected chi connectivity index (χ0v) is 11.5. The number of hydrogen-bond acceptors (Lipinski definition) is 1. The Morgan fingerprint density at radius 1 is 1.14 bits per heavy atom. The van der Waals surface area contributed by atoms with Crippen molar-refractivity contribution >= 4 is 5.97 Å². The van der Waals surface area contributed by atoms with Crippen molar-refractivity contribution in [1.82, 2.24) is 0 Å². The lowest BCUT2D eigenvalue weighted by Crippen LogP contribution is -2.08. The van der Waals surface area contributed by atoms with Crippen LogP contribution in [0.5, 0.6) is 0 Å². The second kappa shape index (κ2) is 5.79. The molecule has 2 aromatic rings. The van der Waals surface area contributed by atoms with Gasteiger partial charge in [0.1, 0.15) is 5.82 Å². The zero-order chi connectivity index (χ0) is 16.5. The molecule has 0 unspecified atom stereocenters. The molecule has 0 aliphatic heterocycles. The molecule has 0 saturated carbocycles. The molecule has 0 bridgehead atoms. The Morgan fingerprint density at radius 2 is 1.82 bits per heavy atom. The first-order chi connectivity index (χ1) is 10.2. The fraction of sp³-hybridized carbons (Fsp3) is 0.188. The first-order valence-electron chi connectivity index (χ1n) is 6.40. The maximum absolute atomic E-state index is 14.1. The van der Waals surface area contributed by atoms with Crippen molar-refractivity contribution in [3.63, 3.8) is 0 Å². The second-order valence-electron chi connectivity index (χ2n) is 4.88. The Morgan fingerprint density at radius 3 is 2.36 bits per heavy atom. The number of rotatable bonds is 3. The Kier molecular flexibility index (Phi) is 4.21. The molecule has 0 aliphatic carbocycles. The van der Waals surface area contributed by atoms with Crippen LogP contribution in [0.3, 0.4) is 0 Å². The fourth-order valence-electron chi connectivity index (χ4n) is 2.04. The van der Waals surface area contributed by atoms with E-state index < -0.39 is 29.4 Å². The highest BCUT2D eigenvalue weighted by Gasteiger charge is 2.30. The summed E-state index contributed by atoms with van der Waals surface area (Å²) in [5.74, 6) is -2.76. The predicted octanol–water partition coefficient (Wildman–Crippen LogP) is 4.70. The Hall–Kier alpha value is -2.37. The minimum atomic E-state index is -4.51. The Bertz CT molecular complexity index is 708. The molecule has 0 aliphatic rings. The number of aliphatic carboxylic acids is 1. The van der Waals surface area contributed by atoms with Crippen molar-refractivity contribution in [2.24, 2.45) is 0 Å². The first kappa shape index (κ1) is 16.0. The van der Waals surface area contributed by atoms with Crippen molar-refractivity contribution in [2.75, 3.05) is 0 Å². The predicted molar refractivity (Wildman–Crippen MR) is 72.9 cm³/mol. The Balaban J connectivity index is 2.44. The van der Waals surface area contributed by atoms with Crippen molar-refractivity contribution in [1.29, 1.82) is 0 Å². The molecule has 0 radical (unpaired) electrons. The molecule has 1 N–H and O–H groups in total. The number of benzene rings is 2. The average Bonchev–Trinajstić information content (AvgIpc) is 2.45. The van der Waals surface area contributed by atoms with Crippen molar-refractivity contribution < 1.29 is 27.5 Å². The molecule has 2 nitrogen and oxygen atoms in total. The van der Waals surface area contributed by atoms with E-state index in [4.69, 9.17) is 5.11 Å². The largest absolute Gasteiger partial charge is 0.481 e. The van der Waals surface area contributed by atoms with Crippen LogP contribution in [0, 0.1) is 5.82 Å². The van der Waals surface area contributed by atoms with Gasteiger partial charge in [-0.05, 0) is 36.2 Å². The van der Waals surface area contributed by atoms with Gasteiger partial charge in [0.05, 0.1) is 11.5 Å². The van der Waals surface area contributed by atoms with Crippen LogP contribution in [-0.2, 0) is 11.0 Å². The van der Waals surface area contributed by atoms with Crippen molar-refractivity contribution in [2.45, 2.75) is 19.0 Å². The van der Waals surface area contributed by atoms with E-state index in [-0.39, 0.29) is 16.7 Å². The number of hydrogen-bond donors (Lipinski definition) is 1. The van der Waals surface area contributed by atoms with Crippen LogP contribution in [0.2, 0.25) is 0 Å². The van der Waals surface area contributed by atoms with Gasteiger partial charge in [0.15, 0.2) is 0 Å². The zero-order valence-electron chi connectivity index (χ0n) is 11.5. The third-order valence-electron chi connectivity index (χ3n) is 3.36. The van der Waals surface area contributed by atoms with Crippen LogP contribution in [-0.4, -0.2) is 11.1 Å². The van der Waals surface area contributed by atoms with Crippen molar-refractivity contribution in [3.05, 3.63) is 59.4 Å². The summed E-state index contributed by atoms with van der Waals surface area (Å²) >= 11 is 0. The summed E-state index contributed by atoms with van der Waals surface area (Å²) in [6, 6.07) is 8.06. The third kappa shape index (κ3) is 3.27. The number of carboxylic acids is 1. The van der Waals surface area contributed by atoms with Crippen LogP contribution in [0.4, 0.5) is 17.6 Å². The highest BCUT2D eigenvalue weighted by molar-refractivity contribution is 5.76. The second-order valence-corrected chi connectivity index (χ2v) is 4.88. The monoisotopic (exact) mass is 312 g/mol. The highest BCUT2D eigenvalue weighted by atomic mass is 19.4. The number of halogens is 4. The summed E-state index contributed by atoms with van der Waals surface area (Å²) in [4.78, 5) is 10.9. The van der Waals surface area contributed by atoms with Crippen LogP contribution >= 0.6 is 0 Å². The summed E-state index contributed by atoms with van der Waals surface area (Å²) in [7, 11) is 0. The topological polar surface area (TPSA) is 37.3 Å². The molecule has 0 fully saturated rings. The van der Waals surface area contributed by atoms with Gasteiger partial charge >= 0.3 is 12.1 Å². The van der Waals surface area contributed by atoms with Crippen LogP contribution in [0.25, 0.3) is 11.1 Å². The fourth-order valence-corrected chi connectivity index (χ4v) is 2.04. The van der Waals surface area contributed by atoms with Crippen LogP contribution in [0.1, 0.15) is 24.0 Å². The van der Waals surface area contributed by atoms with Gasteiger partial charge in [-0.3, -0.25) is 4.79 Å². The maximum Gasteiger partial charge on any atom is 0.416 e. The molecule has 6 heteroatoms. The van der Waals surface area contributed by atoms with Gasteiger partial charge < -0.3 is 5.11 Å². The molecular weight excluding hydrogens is 300 g/mol. The summed E-state index contributed by atoms with van der Waals surface area (Å²) in [5, 5.41) is 8.89. The normalized spacial score (nSPS) is 13.0. The lowest BCUT2D eigenvalue weighted by molar-refractivity contribution is -0.138. The summed E-state index contributed by atoms with van der Waals surface area (Å²) in [6.07, 6.45) is -4.51. The van der Waals surface area contributed by atoms with E-state index in [1.54, 1.807) is 0 Å². The highest BCUT2D eigenvalue weighted by Crippen LogP contribution is 2.33. The van der Waals surface area contributed by atoms with Gasteiger partial charge in [-0.1, -0.05) is 24.3 Å². The van der Waals surface area contributed by atoms with Crippen LogP contribution in [0.15, 0.2) is 42.5 Å². The summed E-state index contributed by atoms with van der Waals surface area (Å²) in [5.41, 5.74) is -0.539. The van der Waals surface area contributed by atoms with E-state index in [0.717, 1.165) is 18.2 Å². The lowest BCUT2D eigenvalue weighted by atomic mass is 9.96. The van der Waals surface area contributed by atoms with Gasteiger partial charge in [0, 0.05) is 5.56 Å². The van der Waals surface area contributed by atoms with E-state index in [2.05, 4.69) is 0 Å². The summed E-state index contributed by atoms with van der Waals surface area (Å²) in [6.45, 7) is 1.40.